The van der Waals surface area contributed by atoms with E-state index in [2.05, 4.69) is 5.32 Å². The standard InChI is InChI=1S/C14H17ClF2N2O/c15-11-5-9(16)6-12(17)13(11)19-14(20)10-4-2-1-3-8(10)7-18/h5-6,8,10H,1-4,7,18H2,(H,19,20). The normalized spacial score (nSPS) is 22.6. The minimum Gasteiger partial charge on any atom is -0.330 e. The minimum absolute atomic E-state index is 0.103. The Kier molecular flexibility index (Phi) is 4.94. The van der Waals surface area contributed by atoms with E-state index in [4.69, 9.17) is 17.3 Å². The predicted molar refractivity (Wildman–Crippen MR) is 74.5 cm³/mol. The number of halogens is 3. The van der Waals surface area contributed by atoms with E-state index in [-0.39, 0.29) is 28.5 Å². The van der Waals surface area contributed by atoms with Gasteiger partial charge in [-0.05, 0) is 31.4 Å². The van der Waals surface area contributed by atoms with Gasteiger partial charge < -0.3 is 11.1 Å². The molecule has 0 saturated heterocycles. The molecule has 1 aromatic carbocycles. The zero-order valence-electron chi connectivity index (χ0n) is 11.0. The molecule has 1 aliphatic rings. The van der Waals surface area contributed by atoms with Crippen LogP contribution < -0.4 is 11.1 Å². The van der Waals surface area contributed by atoms with Gasteiger partial charge in [-0.25, -0.2) is 8.78 Å². The average Bonchev–Trinajstić information content (AvgIpc) is 2.42. The van der Waals surface area contributed by atoms with Gasteiger partial charge in [-0.1, -0.05) is 24.4 Å². The molecule has 0 bridgehead atoms. The van der Waals surface area contributed by atoms with Crippen LogP contribution in [0.2, 0.25) is 5.02 Å². The quantitative estimate of drug-likeness (QED) is 0.900. The molecule has 1 amide bonds. The number of carbonyl (C=O) groups excluding carboxylic acids is 1. The van der Waals surface area contributed by atoms with E-state index >= 15 is 0 Å². The Morgan fingerprint density at radius 2 is 2.05 bits per heavy atom. The van der Waals surface area contributed by atoms with Gasteiger partial charge in [0.15, 0.2) is 5.82 Å². The lowest BCUT2D eigenvalue weighted by atomic mass is 9.78. The highest BCUT2D eigenvalue weighted by Crippen LogP contribution is 2.32. The smallest absolute Gasteiger partial charge is 0.227 e. The maximum Gasteiger partial charge on any atom is 0.227 e. The first-order valence-electron chi connectivity index (χ1n) is 6.68. The molecule has 110 valence electrons. The van der Waals surface area contributed by atoms with Crippen molar-refractivity contribution >= 4 is 23.2 Å². The Labute approximate surface area is 121 Å². The lowest BCUT2D eigenvalue weighted by Crippen LogP contribution is -2.35. The van der Waals surface area contributed by atoms with Gasteiger partial charge in [0.2, 0.25) is 5.91 Å². The van der Waals surface area contributed by atoms with Crippen LogP contribution in [-0.4, -0.2) is 12.5 Å². The van der Waals surface area contributed by atoms with Crippen molar-refractivity contribution in [3.63, 3.8) is 0 Å². The highest BCUT2D eigenvalue weighted by molar-refractivity contribution is 6.33. The molecule has 3 nitrogen and oxygen atoms in total. The summed E-state index contributed by atoms with van der Waals surface area (Å²) < 4.78 is 26.6. The first-order valence-corrected chi connectivity index (χ1v) is 7.06. The molecule has 2 rings (SSSR count). The summed E-state index contributed by atoms with van der Waals surface area (Å²) in [7, 11) is 0. The van der Waals surface area contributed by atoms with Crippen LogP contribution in [0.15, 0.2) is 12.1 Å². The lowest BCUT2D eigenvalue weighted by molar-refractivity contribution is -0.122. The monoisotopic (exact) mass is 302 g/mol. The van der Waals surface area contributed by atoms with Gasteiger partial charge in [0.25, 0.3) is 0 Å². The van der Waals surface area contributed by atoms with Crippen molar-refractivity contribution in [2.75, 3.05) is 11.9 Å². The second kappa shape index (κ2) is 6.50. The topological polar surface area (TPSA) is 55.1 Å². The van der Waals surface area contributed by atoms with Crippen LogP contribution in [0.1, 0.15) is 25.7 Å². The van der Waals surface area contributed by atoms with Crippen LogP contribution in [0.3, 0.4) is 0 Å². The number of anilines is 1. The van der Waals surface area contributed by atoms with Crippen LogP contribution in [0.5, 0.6) is 0 Å². The number of carbonyl (C=O) groups is 1. The van der Waals surface area contributed by atoms with Crippen molar-refractivity contribution < 1.29 is 13.6 Å². The van der Waals surface area contributed by atoms with Crippen molar-refractivity contribution in [1.82, 2.24) is 0 Å². The first-order chi connectivity index (χ1) is 9.52. The van der Waals surface area contributed by atoms with E-state index in [1.807, 2.05) is 0 Å². The summed E-state index contributed by atoms with van der Waals surface area (Å²) >= 11 is 5.77. The Morgan fingerprint density at radius 3 is 2.70 bits per heavy atom. The highest BCUT2D eigenvalue weighted by Gasteiger charge is 2.30. The Morgan fingerprint density at radius 1 is 1.35 bits per heavy atom. The molecule has 1 saturated carbocycles. The molecule has 1 aromatic rings. The largest absolute Gasteiger partial charge is 0.330 e. The summed E-state index contributed by atoms with van der Waals surface area (Å²) in [5.74, 6) is -2.08. The van der Waals surface area contributed by atoms with E-state index in [1.54, 1.807) is 0 Å². The Balaban J connectivity index is 2.15. The molecule has 0 radical (unpaired) electrons. The number of hydrogen-bond acceptors (Lipinski definition) is 2. The number of benzene rings is 1. The third-order valence-electron chi connectivity index (χ3n) is 3.80. The number of amides is 1. The van der Waals surface area contributed by atoms with Crippen LogP contribution >= 0.6 is 11.6 Å². The van der Waals surface area contributed by atoms with Crippen LogP contribution in [0.4, 0.5) is 14.5 Å². The number of nitrogens with one attached hydrogen (secondary N) is 1. The first kappa shape index (κ1) is 15.2. The summed E-state index contributed by atoms with van der Waals surface area (Å²) in [4.78, 5) is 12.2. The van der Waals surface area contributed by atoms with E-state index < -0.39 is 11.6 Å². The zero-order chi connectivity index (χ0) is 14.7. The molecule has 0 aliphatic heterocycles. The van der Waals surface area contributed by atoms with Gasteiger partial charge in [0.1, 0.15) is 5.82 Å². The molecule has 6 heteroatoms. The summed E-state index contributed by atoms with van der Waals surface area (Å²) in [5, 5.41) is 2.33. The van der Waals surface area contributed by atoms with Crippen molar-refractivity contribution in [3.8, 4) is 0 Å². The summed E-state index contributed by atoms with van der Waals surface area (Å²) in [6.07, 6.45) is 3.63. The second-order valence-electron chi connectivity index (χ2n) is 5.12. The van der Waals surface area contributed by atoms with E-state index in [9.17, 15) is 13.6 Å². The van der Waals surface area contributed by atoms with Gasteiger partial charge in [-0.15, -0.1) is 0 Å². The maximum atomic E-state index is 13.7. The highest BCUT2D eigenvalue weighted by atomic mass is 35.5. The van der Waals surface area contributed by atoms with E-state index in [0.29, 0.717) is 12.6 Å². The van der Waals surface area contributed by atoms with Gasteiger partial charge in [0, 0.05) is 12.0 Å². The molecular formula is C14H17ClF2N2O. The maximum absolute atomic E-state index is 13.7. The van der Waals surface area contributed by atoms with Crippen LogP contribution in [-0.2, 0) is 4.79 Å². The van der Waals surface area contributed by atoms with Crippen molar-refractivity contribution in [1.29, 1.82) is 0 Å². The molecule has 0 spiro atoms. The third-order valence-corrected chi connectivity index (χ3v) is 4.10. The molecule has 2 unspecified atom stereocenters. The lowest BCUT2D eigenvalue weighted by Gasteiger charge is -2.29. The van der Waals surface area contributed by atoms with Crippen LogP contribution in [0.25, 0.3) is 0 Å². The van der Waals surface area contributed by atoms with Gasteiger partial charge in [0.05, 0.1) is 10.7 Å². The molecule has 20 heavy (non-hydrogen) atoms. The third kappa shape index (κ3) is 3.27. The second-order valence-corrected chi connectivity index (χ2v) is 5.53. The fraction of sp³-hybridized carbons (Fsp3) is 0.500. The van der Waals surface area contributed by atoms with Crippen molar-refractivity contribution in [3.05, 3.63) is 28.8 Å². The minimum atomic E-state index is -0.872. The number of hydrogen-bond donors (Lipinski definition) is 2. The molecule has 1 fully saturated rings. The number of nitrogens with two attached hydrogens (primary N) is 1. The fourth-order valence-electron chi connectivity index (χ4n) is 2.71. The van der Waals surface area contributed by atoms with Gasteiger partial charge >= 0.3 is 0 Å². The van der Waals surface area contributed by atoms with Crippen LogP contribution in [0, 0.1) is 23.5 Å². The number of rotatable bonds is 3. The molecule has 2 atom stereocenters. The summed E-state index contributed by atoms with van der Waals surface area (Å²) in [6, 6.07) is 1.67. The van der Waals surface area contributed by atoms with E-state index in [0.717, 1.165) is 31.7 Å². The molecular weight excluding hydrogens is 286 g/mol. The molecule has 0 aromatic heterocycles. The zero-order valence-corrected chi connectivity index (χ0v) is 11.7. The molecule has 0 heterocycles. The van der Waals surface area contributed by atoms with Crippen molar-refractivity contribution in [2.45, 2.75) is 25.7 Å². The Bertz CT molecular complexity index is 487. The average molecular weight is 303 g/mol. The molecule has 1 aliphatic carbocycles. The summed E-state index contributed by atoms with van der Waals surface area (Å²) in [5.41, 5.74) is 5.51. The Hall–Kier alpha value is -1.20. The predicted octanol–water partition coefficient (Wildman–Crippen LogP) is 3.32. The van der Waals surface area contributed by atoms with E-state index in [1.165, 1.54) is 0 Å². The van der Waals surface area contributed by atoms with Gasteiger partial charge in [-0.2, -0.15) is 0 Å². The van der Waals surface area contributed by atoms with Crippen molar-refractivity contribution in [2.24, 2.45) is 17.6 Å². The fourth-order valence-corrected chi connectivity index (χ4v) is 2.95. The summed E-state index contributed by atoms with van der Waals surface area (Å²) in [6.45, 7) is 0.428. The van der Waals surface area contributed by atoms with Gasteiger partial charge in [-0.3, -0.25) is 4.79 Å². The SMILES string of the molecule is NCC1CCCCC1C(=O)Nc1c(F)cc(F)cc1Cl. The molecule has 3 N–H and O–H groups in total.